The Balaban J connectivity index is 2.91. The van der Waals surface area contributed by atoms with Crippen molar-refractivity contribution in [3.63, 3.8) is 0 Å². The normalized spacial score (nSPS) is 10.9. The molecule has 0 N–H and O–H groups in total. The van der Waals surface area contributed by atoms with Gasteiger partial charge in [0.25, 0.3) is 14.1 Å². The second-order valence-corrected chi connectivity index (χ2v) is 10.1. The first-order valence-corrected chi connectivity index (χ1v) is 12.4. The lowest BCUT2D eigenvalue weighted by atomic mass is 10.0. The number of hydrogen-bond acceptors (Lipinski definition) is 0. The smallest absolute Gasteiger partial charge is 0.106 e. The van der Waals surface area contributed by atoms with E-state index >= 15 is 0 Å². The molecule has 114 valence electrons. The first-order chi connectivity index (χ1) is 9.27. The molecule has 0 aliphatic rings. The van der Waals surface area contributed by atoms with Crippen LogP contribution in [0.5, 0.6) is 0 Å². The molecular weight excluding hydrogens is 243 g/mol. The summed E-state index contributed by atoms with van der Waals surface area (Å²) in [6, 6.07) is 0. The van der Waals surface area contributed by atoms with Crippen LogP contribution in [-0.4, -0.2) is 14.1 Å². The Morgan fingerprint density at radius 2 is 0.789 bits per heavy atom. The summed E-state index contributed by atoms with van der Waals surface area (Å²) in [5.74, 6) is 4.95. The average molecular weight is 282 g/mol. The van der Waals surface area contributed by atoms with Crippen molar-refractivity contribution in [2.45, 2.75) is 114 Å². The van der Waals surface area contributed by atoms with Crippen LogP contribution in [0.25, 0.3) is 0 Å². The second kappa shape index (κ2) is 16.6. The van der Waals surface area contributed by atoms with Gasteiger partial charge in [-0.2, -0.15) is 0 Å². The third kappa shape index (κ3) is 18.5. The van der Waals surface area contributed by atoms with Crippen molar-refractivity contribution in [1.29, 1.82) is 0 Å². The highest BCUT2D eigenvalue weighted by Gasteiger charge is 2.00. The van der Waals surface area contributed by atoms with Crippen molar-refractivity contribution in [2.75, 3.05) is 0 Å². The Labute approximate surface area is 128 Å². The molecule has 0 amide bonds. The molecule has 0 saturated heterocycles. The van der Waals surface area contributed by atoms with Crippen molar-refractivity contribution < 1.29 is 0 Å². The minimum atomic E-state index is -0.260. The maximum Gasteiger partial charge on any atom is 0.255 e. The van der Waals surface area contributed by atoms with Gasteiger partial charge in [0.1, 0.15) is 0 Å². The summed E-state index contributed by atoms with van der Waals surface area (Å²) in [4.78, 5) is 0. The number of rotatable bonds is 15. The van der Waals surface area contributed by atoms with Gasteiger partial charge in [0.05, 0.1) is 0 Å². The van der Waals surface area contributed by atoms with E-state index in [1.807, 2.05) is 0 Å². The molecule has 0 aliphatic carbocycles. The van der Waals surface area contributed by atoms with Crippen molar-refractivity contribution in [1.82, 2.24) is 0 Å². The number of unbranched alkanes of at least 4 members (excludes halogenated alkanes) is 13. The van der Waals surface area contributed by atoms with E-state index in [1.165, 1.54) is 89.9 Å². The fourth-order valence-electron chi connectivity index (χ4n) is 2.75. The highest BCUT2D eigenvalue weighted by atomic mass is 27.2. The molecule has 0 bridgehead atoms. The molecule has 0 spiro atoms. The van der Waals surface area contributed by atoms with Gasteiger partial charge in [-0.05, 0) is 0 Å². The molecule has 0 aromatic carbocycles. The van der Waals surface area contributed by atoms with Crippen LogP contribution in [0.1, 0.15) is 96.8 Å². The summed E-state index contributed by atoms with van der Waals surface area (Å²) in [6.45, 7) is 2.30. The van der Waals surface area contributed by atoms with Gasteiger partial charge in [0, 0.05) is 0 Å². The predicted molar refractivity (Wildman–Crippen MR) is 92.6 cm³/mol. The Morgan fingerprint density at radius 3 is 1.11 bits per heavy atom. The molecular formula is C18H39Al. The molecule has 0 unspecified atom stereocenters. The second-order valence-electron chi connectivity index (χ2n) is 6.78. The Bertz CT molecular complexity index is 154. The van der Waals surface area contributed by atoms with E-state index in [9.17, 15) is 0 Å². The molecule has 0 radical (unpaired) electrons. The lowest BCUT2D eigenvalue weighted by molar-refractivity contribution is 0.538. The van der Waals surface area contributed by atoms with Gasteiger partial charge in [0.15, 0.2) is 0 Å². The third-order valence-corrected chi connectivity index (χ3v) is 5.70. The molecule has 19 heavy (non-hydrogen) atoms. The molecule has 0 atom stereocenters. The quantitative estimate of drug-likeness (QED) is 0.220. The fraction of sp³-hybridized carbons (Fsp3) is 1.00. The summed E-state index contributed by atoms with van der Waals surface area (Å²) in [6.07, 6.45) is 20.7. The van der Waals surface area contributed by atoms with E-state index in [4.69, 9.17) is 0 Å². The minimum Gasteiger partial charge on any atom is -0.106 e. The summed E-state index contributed by atoms with van der Waals surface area (Å²) < 4.78 is 0. The lowest BCUT2D eigenvalue weighted by Crippen LogP contribution is -1.97. The van der Waals surface area contributed by atoms with Crippen LogP contribution in [0.3, 0.4) is 0 Å². The Kier molecular flexibility index (Phi) is 17.1. The van der Waals surface area contributed by atoms with E-state index in [0.29, 0.717) is 0 Å². The molecule has 0 aliphatic heterocycles. The van der Waals surface area contributed by atoms with Crippen LogP contribution in [0.15, 0.2) is 0 Å². The largest absolute Gasteiger partial charge is 0.255 e. The minimum absolute atomic E-state index is 0.260. The van der Waals surface area contributed by atoms with E-state index in [1.54, 1.807) is 5.28 Å². The SMILES string of the molecule is CCCCCCCCCCCCCCC[CH2][Al]([CH3])[CH3]. The standard InChI is InChI=1S/C16H33.2CH3.Al/c1-3-5-7-9-11-13-15-16-14-12-10-8-6-4-2;;;/h1,3-16H2,2H3;2*1H3;. The van der Waals surface area contributed by atoms with Crippen molar-refractivity contribution in [3.8, 4) is 0 Å². The van der Waals surface area contributed by atoms with E-state index < -0.39 is 0 Å². The van der Waals surface area contributed by atoms with Gasteiger partial charge in [-0.3, -0.25) is 0 Å². The highest BCUT2D eigenvalue weighted by molar-refractivity contribution is 6.55. The topological polar surface area (TPSA) is 0 Å². The molecule has 0 fully saturated rings. The molecule has 0 saturated carbocycles. The van der Waals surface area contributed by atoms with Gasteiger partial charge in [-0.25, -0.2) is 0 Å². The maximum atomic E-state index is 2.47. The Morgan fingerprint density at radius 1 is 0.474 bits per heavy atom. The average Bonchev–Trinajstić information content (AvgIpc) is 2.39. The monoisotopic (exact) mass is 282 g/mol. The Hall–Kier alpha value is 0.532. The van der Waals surface area contributed by atoms with Crippen LogP contribution >= 0.6 is 0 Å². The van der Waals surface area contributed by atoms with Crippen molar-refractivity contribution >= 4 is 14.1 Å². The van der Waals surface area contributed by atoms with Crippen LogP contribution in [0.4, 0.5) is 0 Å². The highest BCUT2D eigenvalue weighted by Crippen LogP contribution is 2.13. The fourth-order valence-corrected chi connectivity index (χ4v) is 3.85. The van der Waals surface area contributed by atoms with Gasteiger partial charge in [-0.1, -0.05) is 102 Å². The van der Waals surface area contributed by atoms with Crippen LogP contribution in [0.2, 0.25) is 16.9 Å². The summed E-state index contributed by atoms with van der Waals surface area (Å²) in [5.41, 5.74) is 0. The van der Waals surface area contributed by atoms with Crippen molar-refractivity contribution in [3.05, 3.63) is 0 Å². The van der Waals surface area contributed by atoms with Gasteiger partial charge in [-0.15, -0.1) is 11.6 Å². The molecule has 0 rings (SSSR count). The zero-order chi connectivity index (χ0) is 14.2. The van der Waals surface area contributed by atoms with Crippen LogP contribution in [0, 0.1) is 0 Å². The molecule has 1 heteroatoms. The summed E-state index contributed by atoms with van der Waals surface area (Å²) >= 11 is -0.260. The van der Waals surface area contributed by atoms with Gasteiger partial charge in [0.2, 0.25) is 0 Å². The molecule has 0 aromatic heterocycles. The lowest BCUT2D eigenvalue weighted by Gasteiger charge is -2.03. The summed E-state index contributed by atoms with van der Waals surface area (Å²) in [7, 11) is 0. The van der Waals surface area contributed by atoms with Crippen LogP contribution in [-0.2, 0) is 0 Å². The number of hydrogen-bond donors (Lipinski definition) is 0. The zero-order valence-corrected chi connectivity index (χ0v) is 15.3. The molecule has 0 heterocycles. The van der Waals surface area contributed by atoms with Crippen LogP contribution < -0.4 is 0 Å². The molecule has 0 nitrogen and oxygen atoms in total. The predicted octanol–water partition coefficient (Wildman–Crippen LogP) is 7.22. The maximum absolute atomic E-state index is 2.47. The van der Waals surface area contributed by atoms with Gasteiger partial charge >= 0.3 is 0 Å². The van der Waals surface area contributed by atoms with E-state index in [2.05, 4.69) is 18.5 Å². The van der Waals surface area contributed by atoms with E-state index in [0.717, 1.165) is 0 Å². The zero-order valence-electron chi connectivity index (χ0n) is 14.2. The van der Waals surface area contributed by atoms with E-state index in [-0.39, 0.29) is 14.1 Å². The third-order valence-electron chi connectivity index (χ3n) is 4.14. The molecule has 0 aromatic rings. The van der Waals surface area contributed by atoms with Gasteiger partial charge < -0.3 is 0 Å². The first kappa shape index (κ1) is 19.5. The van der Waals surface area contributed by atoms with Crippen molar-refractivity contribution in [2.24, 2.45) is 0 Å². The summed E-state index contributed by atoms with van der Waals surface area (Å²) in [5, 5.41) is 1.57. The first-order valence-electron chi connectivity index (χ1n) is 9.27.